The van der Waals surface area contributed by atoms with Crippen molar-refractivity contribution in [2.75, 3.05) is 0 Å². The molecule has 0 heterocycles. The summed E-state index contributed by atoms with van der Waals surface area (Å²) in [6.45, 7) is 6.92. The maximum atomic E-state index is 11.1. The van der Waals surface area contributed by atoms with Gasteiger partial charge >= 0.3 is 0 Å². The van der Waals surface area contributed by atoms with Crippen molar-refractivity contribution in [1.29, 1.82) is 0 Å². The second kappa shape index (κ2) is 4.45. The van der Waals surface area contributed by atoms with E-state index in [-0.39, 0.29) is 38.3 Å². The molecule has 2 aromatic rings. The zero-order chi connectivity index (χ0) is 15.2. The van der Waals surface area contributed by atoms with E-state index >= 15 is 0 Å². The van der Waals surface area contributed by atoms with Gasteiger partial charge in [-0.25, -0.2) is 0 Å². The highest BCUT2D eigenvalue weighted by Gasteiger charge is 2.20. The third-order valence-corrected chi connectivity index (χ3v) is 3.21. The molecular formula is C15H14O5. The summed E-state index contributed by atoms with van der Waals surface area (Å²) >= 11 is 0. The predicted molar refractivity (Wildman–Crippen MR) is 75.5 cm³/mol. The molecule has 0 saturated heterocycles. The molecule has 0 amide bonds. The summed E-state index contributed by atoms with van der Waals surface area (Å²) in [6, 6.07) is 1.19. The standard InChI is InChI=1S/C15H14O5/c1-6(2)10-12-11(8(5-16)14(19)15(10)20)9(17)4-7(3)13(12)18/h4-5,17-20H,3H2,1-2H3. The van der Waals surface area contributed by atoms with Gasteiger partial charge in [-0.3, -0.25) is 4.79 Å². The van der Waals surface area contributed by atoms with Gasteiger partial charge in [-0.05, 0) is 19.9 Å². The molecule has 4 N–H and O–H groups in total. The number of hydrogen-bond donors (Lipinski definition) is 4. The van der Waals surface area contributed by atoms with Crippen molar-refractivity contribution in [1.82, 2.24) is 0 Å². The van der Waals surface area contributed by atoms with E-state index in [9.17, 15) is 25.2 Å². The molecule has 0 aliphatic rings. The Bertz CT molecular complexity index is 845. The maximum Gasteiger partial charge on any atom is 0.169 e. The Morgan fingerprint density at radius 3 is 2.15 bits per heavy atom. The van der Waals surface area contributed by atoms with Crippen molar-refractivity contribution >= 4 is 29.2 Å². The van der Waals surface area contributed by atoms with Crippen LogP contribution in [0.15, 0.2) is 6.07 Å². The van der Waals surface area contributed by atoms with Crippen molar-refractivity contribution < 1.29 is 25.2 Å². The molecule has 0 atom stereocenters. The number of hydrogen-bond acceptors (Lipinski definition) is 5. The molecule has 5 heteroatoms. The Labute approximate surface area is 114 Å². The second-order valence-corrected chi connectivity index (χ2v) is 4.76. The number of aldehydes is 1. The molecule has 2 rings (SSSR count). The Hall–Kier alpha value is -2.69. The minimum absolute atomic E-state index is 0.0172. The zero-order valence-electron chi connectivity index (χ0n) is 11.1. The van der Waals surface area contributed by atoms with E-state index in [2.05, 4.69) is 6.58 Å². The molecule has 2 aromatic carbocycles. The molecule has 0 aliphatic carbocycles. The van der Waals surface area contributed by atoms with Gasteiger partial charge in [0.25, 0.3) is 0 Å². The first-order valence-corrected chi connectivity index (χ1v) is 5.85. The third kappa shape index (κ3) is 1.67. The normalized spacial score (nSPS) is 10.7. The van der Waals surface area contributed by atoms with E-state index in [0.717, 1.165) is 0 Å². The van der Waals surface area contributed by atoms with E-state index < -0.39 is 11.5 Å². The van der Waals surface area contributed by atoms with Gasteiger partial charge in [0.1, 0.15) is 11.5 Å². The summed E-state index contributed by atoms with van der Waals surface area (Å²) < 4.78 is 0. The fourth-order valence-corrected chi connectivity index (χ4v) is 2.31. The number of phenols is 4. The summed E-state index contributed by atoms with van der Waals surface area (Å²) in [7, 11) is 0. The van der Waals surface area contributed by atoms with Crippen molar-refractivity contribution in [3.05, 3.63) is 22.1 Å². The first-order chi connectivity index (χ1) is 9.31. The lowest BCUT2D eigenvalue weighted by Gasteiger charge is -2.12. The Kier molecular flexibility index (Phi) is 3.06. The molecule has 20 heavy (non-hydrogen) atoms. The van der Waals surface area contributed by atoms with Crippen LogP contribution in [-0.4, -0.2) is 26.7 Å². The number of aromatic hydroxyl groups is 4. The molecule has 0 unspecified atom stereocenters. The summed E-state index contributed by atoms with van der Waals surface area (Å²) in [5.74, 6) is -1.70. The molecule has 0 saturated carbocycles. The van der Waals surface area contributed by atoms with E-state index in [4.69, 9.17) is 0 Å². The lowest BCUT2D eigenvalue weighted by atomic mass is 9.96. The Morgan fingerprint density at radius 1 is 1.05 bits per heavy atom. The molecule has 0 fully saturated rings. The monoisotopic (exact) mass is 274 g/mol. The molecule has 0 bridgehead atoms. The van der Waals surface area contributed by atoms with Crippen LogP contribution in [0.2, 0.25) is 0 Å². The topological polar surface area (TPSA) is 98.0 Å². The van der Waals surface area contributed by atoms with Crippen molar-refractivity contribution in [3.8, 4) is 23.0 Å². The van der Waals surface area contributed by atoms with Crippen LogP contribution in [0.5, 0.6) is 23.0 Å². The fourth-order valence-electron chi connectivity index (χ4n) is 2.31. The van der Waals surface area contributed by atoms with Crippen LogP contribution in [0, 0.1) is 0 Å². The van der Waals surface area contributed by atoms with Gasteiger partial charge in [-0.1, -0.05) is 12.2 Å². The highest BCUT2D eigenvalue weighted by molar-refractivity contribution is 6.08. The summed E-state index contributed by atoms with van der Waals surface area (Å²) in [4.78, 5) is 11.1. The predicted octanol–water partition coefficient (Wildman–Crippen LogP) is 1.08. The fraction of sp³-hybridized carbons (Fsp3) is 0.133. The highest BCUT2D eigenvalue weighted by Crippen LogP contribution is 2.37. The first kappa shape index (κ1) is 13.7. The average molecular weight is 274 g/mol. The summed E-state index contributed by atoms with van der Waals surface area (Å²) in [5, 5.41) is 40.5. The van der Waals surface area contributed by atoms with E-state index in [1.165, 1.54) is 6.07 Å². The van der Waals surface area contributed by atoms with Crippen LogP contribution in [-0.2, 0) is 0 Å². The van der Waals surface area contributed by atoms with Crippen LogP contribution >= 0.6 is 0 Å². The minimum Gasteiger partial charge on any atom is -0.507 e. The van der Waals surface area contributed by atoms with E-state index in [0.29, 0.717) is 11.9 Å². The number of carbonyl (C=O) groups excluding carboxylic acids is 1. The molecule has 0 aromatic heterocycles. The number of carbonyl (C=O) groups is 1. The zero-order valence-corrected chi connectivity index (χ0v) is 11.1. The molecule has 5 nitrogen and oxygen atoms in total. The maximum absolute atomic E-state index is 11.1. The van der Waals surface area contributed by atoms with Crippen LogP contribution in [0.3, 0.4) is 0 Å². The smallest absolute Gasteiger partial charge is 0.169 e. The molecule has 0 radical (unpaired) electrons. The summed E-state index contributed by atoms with van der Waals surface area (Å²) in [5.41, 5.74) is 0.316. The molecule has 104 valence electrons. The number of benzene rings is 2. The number of phenolic OH excluding ortho intramolecular Hbond substituents is 4. The van der Waals surface area contributed by atoms with Gasteiger partial charge in [0.2, 0.25) is 0 Å². The SMILES string of the molecule is C=c1cc(O)c2c(C=O)c(O)c(O)c(=C(C)C)c2c1O. The lowest BCUT2D eigenvalue weighted by Crippen LogP contribution is -2.12. The van der Waals surface area contributed by atoms with Crippen LogP contribution < -0.4 is 10.4 Å². The number of rotatable bonds is 1. The molecule has 0 spiro atoms. The largest absolute Gasteiger partial charge is 0.507 e. The van der Waals surface area contributed by atoms with Crippen molar-refractivity contribution in [2.24, 2.45) is 0 Å². The molecule has 0 aliphatic heterocycles. The van der Waals surface area contributed by atoms with E-state index in [1.54, 1.807) is 13.8 Å². The van der Waals surface area contributed by atoms with Crippen molar-refractivity contribution in [3.63, 3.8) is 0 Å². The lowest BCUT2D eigenvalue weighted by molar-refractivity contribution is 0.112. The highest BCUT2D eigenvalue weighted by atomic mass is 16.3. The van der Waals surface area contributed by atoms with Gasteiger partial charge < -0.3 is 20.4 Å². The third-order valence-electron chi connectivity index (χ3n) is 3.21. The van der Waals surface area contributed by atoms with Gasteiger partial charge in [-0.15, -0.1) is 0 Å². The number of fused-ring (bicyclic) bond motifs is 1. The first-order valence-electron chi connectivity index (χ1n) is 5.85. The van der Waals surface area contributed by atoms with Crippen molar-refractivity contribution in [2.45, 2.75) is 13.8 Å². The van der Waals surface area contributed by atoms with Gasteiger partial charge in [0, 0.05) is 21.2 Å². The van der Waals surface area contributed by atoms with E-state index in [1.807, 2.05) is 0 Å². The van der Waals surface area contributed by atoms with Crippen LogP contribution in [0.25, 0.3) is 22.9 Å². The van der Waals surface area contributed by atoms with Crippen LogP contribution in [0.1, 0.15) is 24.2 Å². The van der Waals surface area contributed by atoms with Gasteiger partial charge in [0.05, 0.1) is 5.56 Å². The minimum atomic E-state index is -0.629. The van der Waals surface area contributed by atoms with Crippen LogP contribution in [0.4, 0.5) is 0 Å². The van der Waals surface area contributed by atoms with Gasteiger partial charge in [-0.2, -0.15) is 0 Å². The second-order valence-electron chi connectivity index (χ2n) is 4.76. The average Bonchev–Trinajstić information content (AvgIpc) is 2.37. The summed E-state index contributed by atoms with van der Waals surface area (Å²) in [6.07, 6.45) is 0.314. The van der Waals surface area contributed by atoms with Gasteiger partial charge in [0.15, 0.2) is 17.8 Å². The quantitative estimate of drug-likeness (QED) is 0.354. The molecular weight excluding hydrogens is 260 g/mol. The Balaban J connectivity index is 3.42. The Morgan fingerprint density at radius 2 is 1.65 bits per heavy atom.